The highest BCUT2D eigenvalue weighted by Gasteiger charge is 2.44. The maximum absolute atomic E-state index is 13.3. The molecule has 244 valence electrons. The van der Waals surface area contributed by atoms with Crippen molar-refractivity contribution in [2.45, 2.75) is 44.7 Å². The number of nitrogens with one attached hydrogen (secondary N) is 1. The molecule has 7 rings (SSSR count). The summed E-state index contributed by atoms with van der Waals surface area (Å²) >= 11 is 0. The molecule has 1 N–H and O–H groups in total. The van der Waals surface area contributed by atoms with Gasteiger partial charge in [0.1, 0.15) is 17.5 Å². The van der Waals surface area contributed by atoms with E-state index in [1.807, 2.05) is 24.4 Å². The summed E-state index contributed by atoms with van der Waals surface area (Å²) in [7, 11) is 5.11. The van der Waals surface area contributed by atoms with E-state index in [1.165, 1.54) is 0 Å². The lowest BCUT2D eigenvalue weighted by atomic mass is 9.97. The minimum Gasteiger partial charge on any atom is -0.496 e. The maximum Gasteiger partial charge on any atom is 0.262 e. The fraction of sp³-hybridized carbons (Fsp3) is 0.400. The highest BCUT2D eigenvalue weighted by Crippen LogP contribution is 2.39. The topological polar surface area (TPSA) is 130 Å². The summed E-state index contributed by atoms with van der Waals surface area (Å²) in [6.45, 7) is 3.50. The van der Waals surface area contributed by atoms with Crippen LogP contribution in [0.3, 0.4) is 0 Å². The fourth-order valence-corrected chi connectivity index (χ4v) is 7.41. The van der Waals surface area contributed by atoms with Gasteiger partial charge in [-0.3, -0.25) is 39.1 Å². The number of amides is 4. The molecule has 2 saturated heterocycles. The van der Waals surface area contributed by atoms with Crippen LogP contribution in [0.5, 0.6) is 11.5 Å². The molecule has 4 heterocycles. The summed E-state index contributed by atoms with van der Waals surface area (Å²) in [5, 5.41) is 2.23. The normalized spacial score (nSPS) is 19.6. The molecule has 47 heavy (non-hydrogen) atoms. The average molecular weight is 640 g/mol. The summed E-state index contributed by atoms with van der Waals surface area (Å²) in [6.07, 6.45) is 4.77. The molecule has 0 spiro atoms. The van der Waals surface area contributed by atoms with Crippen molar-refractivity contribution in [2.24, 2.45) is 7.05 Å². The number of methoxy groups -OCH3 is 2. The van der Waals surface area contributed by atoms with Crippen LogP contribution in [-0.2, 0) is 36.0 Å². The molecule has 0 saturated carbocycles. The van der Waals surface area contributed by atoms with Gasteiger partial charge in [0.05, 0.1) is 30.9 Å². The molecular formula is C35H37N5O7. The Labute approximate surface area is 271 Å². The van der Waals surface area contributed by atoms with Crippen molar-refractivity contribution in [2.75, 3.05) is 45.3 Å². The minimum absolute atomic E-state index is 0.0742. The van der Waals surface area contributed by atoms with Crippen molar-refractivity contribution < 1.29 is 28.7 Å². The van der Waals surface area contributed by atoms with Crippen LogP contribution in [0.2, 0.25) is 0 Å². The van der Waals surface area contributed by atoms with E-state index in [0.717, 1.165) is 82.3 Å². The third-order valence-electron chi connectivity index (χ3n) is 9.91. The number of pyridine rings is 1. The van der Waals surface area contributed by atoms with Gasteiger partial charge in [0.15, 0.2) is 0 Å². The van der Waals surface area contributed by atoms with Crippen molar-refractivity contribution in [3.8, 4) is 22.6 Å². The monoisotopic (exact) mass is 639 g/mol. The second-order valence-corrected chi connectivity index (χ2v) is 12.6. The Morgan fingerprint density at radius 3 is 2.17 bits per heavy atom. The van der Waals surface area contributed by atoms with E-state index >= 15 is 0 Å². The summed E-state index contributed by atoms with van der Waals surface area (Å²) in [6, 6.07) is 8.31. The van der Waals surface area contributed by atoms with E-state index in [9.17, 15) is 24.0 Å². The predicted octanol–water partition coefficient (Wildman–Crippen LogP) is 2.28. The molecule has 4 amide bonds. The van der Waals surface area contributed by atoms with Gasteiger partial charge in [-0.1, -0.05) is 0 Å². The van der Waals surface area contributed by atoms with E-state index in [4.69, 9.17) is 9.47 Å². The first kappa shape index (κ1) is 30.7. The summed E-state index contributed by atoms with van der Waals surface area (Å²) < 4.78 is 13.4. The van der Waals surface area contributed by atoms with E-state index in [-0.39, 0.29) is 29.5 Å². The largest absolute Gasteiger partial charge is 0.496 e. The molecule has 0 radical (unpaired) electrons. The minimum atomic E-state index is -0.989. The number of rotatable bonds is 7. The fourth-order valence-electron chi connectivity index (χ4n) is 7.41. The second kappa shape index (κ2) is 12.0. The molecule has 1 unspecified atom stereocenters. The third kappa shape index (κ3) is 5.26. The van der Waals surface area contributed by atoms with Gasteiger partial charge in [0.25, 0.3) is 17.4 Å². The molecule has 3 aliphatic heterocycles. The zero-order valence-corrected chi connectivity index (χ0v) is 26.8. The number of aromatic nitrogens is 1. The van der Waals surface area contributed by atoms with Crippen LogP contribution in [0.1, 0.15) is 56.7 Å². The van der Waals surface area contributed by atoms with E-state index in [1.54, 1.807) is 38.0 Å². The first-order chi connectivity index (χ1) is 22.7. The van der Waals surface area contributed by atoms with Gasteiger partial charge in [0.2, 0.25) is 11.8 Å². The zero-order chi connectivity index (χ0) is 33.0. The Bertz CT molecular complexity index is 1870. The SMILES string of the molecule is COc1cc(-c2cn(C)c(=O)c3c2CCC3)cc(OC)c1CN1CCN(c2ccc3c(c2)C(=O)N(C2CCC(=O)NC2=O)C3=O)CC1. The second-order valence-electron chi connectivity index (χ2n) is 12.6. The predicted molar refractivity (Wildman–Crippen MR) is 173 cm³/mol. The number of hydrogen-bond donors (Lipinski definition) is 1. The van der Waals surface area contributed by atoms with Gasteiger partial charge in [-0.05, 0) is 67.1 Å². The van der Waals surface area contributed by atoms with Crippen molar-refractivity contribution in [1.29, 1.82) is 0 Å². The molecule has 12 heteroatoms. The van der Waals surface area contributed by atoms with Crippen LogP contribution < -0.4 is 25.2 Å². The number of carbonyl (C=O) groups excluding carboxylic acids is 4. The highest BCUT2D eigenvalue weighted by atomic mass is 16.5. The van der Waals surface area contributed by atoms with E-state index < -0.39 is 29.7 Å². The smallest absolute Gasteiger partial charge is 0.262 e. The van der Waals surface area contributed by atoms with Crippen LogP contribution in [0, 0.1) is 0 Å². The first-order valence-electron chi connectivity index (χ1n) is 16.0. The number of hydrogen-bond acceptors (Lipinski definition) is 9. The first-order valence-corrected chi connectivity index (χ1v) is 16.0. The third-order valence-corrected chi connectivity index (χ3v) is 9.91. The van der Waals surface area contributed by atoms with E-state index in [0.29, 0.717) is 19.6 Å². The lowest BCUT2D eigenvalue weighted by molar-refractivity contribution is -0.136. The molecule has 3 aromatic rings. The van der Waals surface area contributed by atoms with Crippen LogP contribution >= 0.6 is 0 Å². The number of piperazine rings is 1. The molecular weight excluding hydrogens is 602 g/mol. The summed E-state index contributed by atoms with van der Waals surface area (Å²) in [4.78, 5) is 68.6. The van der Waals surface area contributed by atoms with Gasteiger partial charge < -0.3 is 18.9 Å². The van der Waals surface area contributed by atoms with Gasteiger partial charge >= 0.3 is 0 Å². The van der Waals surface area contributed by atoms with Crippen LogP contribution in [0.25, 0.3) is 11.1 Å². The lowest BCUT2D eigenvalue weighted by Crippen LogP contribution is -2.54. The standard InChI is InChI=1S/C35H37N5O7/c1-37-18-26(22-5-4-6-23(22)33(37)43)20-15-29(46-2)27(30(16-20)47-3)19-38-11-13-39(14-12-38)21-7-8-24-25(17-21)35(45)40(34(24)44)28-9-10-31(41)36-32(28)42/h7-8,15-18,28H,4-6,9-14,19H2,1-3H3,(H,36,41,42). The Morgan fingerprint density at radius 2 is 1.49 bits per heavy atom. The Morgan fingerprint density at radius 1 is 0.809 bits per heavy atom. The van der Waals surface area contributed by atoms with Gasteiger partial charge in [-0.15, -0.1) is 0 Å². The van der Waals surface area contributed by atoms with E-state index in [2.05, 4.69) is 15.1 Å². The molecule has 2 aromatic carbocycles. The molecule has 4 aliphatic rings. The quantitative estimate of drug-likeness (QED) is 0.387. The molecule has 1 aliphatic carbocycles. The Hall–Kier alpha value is -4.97. The maximum atomic E-state index is 13.3. The van der Waals surface area contributed by atoms with Crippen molar-refractivity contribution in [3.05, 3.63) is 74.7 Å². The number of fused-ring (bicyclic) bond motifs is 2. The van der Waals surface area contributed by atoms with Gasteiger partial charge in [0, 0.05) is 69.2 Å². The van der Waals surface area contributed by atoms with Crippen molar-refractivity contribution >= 4 is 29.3 Å². The van der Waals surface area contributed by atoms with Gasteiger partial charge in [-0.25, -0.2) is 0 Å². The number of aryl methyl sites for hydroxylation is 1. The zero-order valence-electron chi connectivity index (χ0n) is 26.8. The Balaban J connectivity index is 1.06. The number of benzene rings is 2. The number of ether oxygens (including phenoxy) is 2. The van der Waals surface area contributed by atoms with Gasteiger partial charge in [-0.2, -0.15) is 0 Å². The summed E-state index contributed by atoms with van der Waals surface area (Å²) in [5.41, 5.74) is 6.41. The number of anilines is 1. The average Bonchev–Trinajstić information content (AvgIpc) is 3.66. The molecule has 2 fully saturated rings. The Kier molecular flexibility index (Phi) is 7.83. The van der Waals surface area contributed by atoms with Crippen LogP contribution in [0.4, 0.5) is 5.69 Å². The number of piperidine rings is 1. The lowest BCUT2D eigenvalue weighted by Gasteiger charge is -2.36. The number of nitrogens with zero attached hydrogens (tertiary/aromatic N) is 4. The molecule has 12 nitrogen and oxygen atoms in total. The van der Waals surface area contributed by atoms with Crippen LogP contribution in [-0.4, -0.2) is 84.4 Å². The highest BCUT2D eigenvalue weighted by molar-refractivity contribution is 6.23. The van der Waals surface area contributed by atoms with Crippen molar-refractivity contribution in [1.82, 2.24) is 19.7 Å². The number of carbonyl (C=O) groups is 4. The summed E-state index contributed by atoms with van der Waals surface area (Å²) in [5.74, 6) is -0.585. The van der Waals surface area contributed by atoms with Crippen LogP contribution in [0.15, 0.2) is 41.3 Å². The molecule has 0 bridgehead atoms. The van der Waals surface area contributed by atoms with Crippen molar-refractivity contribution in [3.63, 3.8) is 0 Å². The molecule has 1 atom stereocenters. The molecule has 1 aromatic heterocycles. The number of imide groups is 2.